The summed E-state index contributed by atoms with van der Waals surface area (Å²) in [4.78, 5) is 27.3. The third-order valence-corrected chi connectivity index (χ3v) is 8.66. The zero-order valence-corrected chi connectivity index (χ0v) is 24.5. The zero-order valence-electron chi connectivity index (χ0n) is 22.2. The van der Waals surface area contributed by atoms with Crippen molar-refractivity contribution in [3.8, 4) is 17.1 Å². The third kappa shape index (κ3) is 5.90. The van der Waals surface area contributed by atoms with E-state index in [1.54, 1.807) is 16.8 Å². The van der Waals surface area contributed by atoms with Crippen molar-refractivity contribution in [2.45, 2.75) is 57.7 Å². The Balaban J connectivity index is 1.40. The topological polar surface area (TPSA) is 104 Å². The molecule has 0 fully saturated rings. The molecule has 0 spiro atoms. The Hall–Kier alpha value is -3.15. The number of thioether (sulfide) groups is 1. The zero-order chi connectivity index (χ0) is 27.7. The van der Waals surface area contributed by atoms with Crippen molar-refractivity contribution in [2.24, 2.45) is 7.05 Å². The van der Waals surface area contributed by atoms with E-state index in [9.17, 15) is 9.59 Å². The van der Waals surface area contributed by atoms with Crippen molar-refractivity contribution in [3.63, 3.8) is 0 Å². The van der Waals surface area contributed by atoms with Gasteiger partial charge in [0.25, 0.3) is 0 Å². The van der Waals surface area contributed by atoms with Crippen LogP contribution in [-0.4, -0.2) is 48.3 Å². The van der Waals surface area contributed by atoms with Gasteiger partial charge in [0.15, 0.2) is 11.0 Å². The van der Waals surface area contributed by atoms with Gasteiger partial charge in [-0.2, -0.15) is 5.10 Å². The van der Waals surface area contributed by atoms with Gasteiger partial charge < -0.3 is 10.1 Å². The van der Waals surface area contributed by atoms with Gasteiger partial charge in [-0.15, -0.1) is 21.5 Å². The number of aryl methyl sites for hydroxylation is 3. The fourth-order valence-electron chi connectivity index (χ4n) is 4.62. The summed E-state index contributed by atoms with van der Waals surface area (Å²) in [5.41, 5.74) is 3.99. The molecule has 12 heteroatoms. The maximum Gasteiger partial charge on any atom is 0.341 e. The molecule has 204 valence electrons. The average Bonchev–Trinajstić information content (AvgIpc) is 3.56. The smallest absolute Gasteiger partial charge is 0.341 e. The van der Waals surface area contributed by atoms with Crippen LogP contribution >= 0.6 is 34.7 Å². The summed E-state index contributed by atoms with van der Waals surface area (Å²) in [6.07, 6.45) is 5.48. The Bertz CT molecular complexity index is 1520. The number of hydrogen-bond acceptors (Lipinski definition) is 8. The molecule has 4 aromatic rings. The minimum atomic E-state index is -0.383. The van der Waals surface area contributed by atoms with Crippen LogP contribution in [0.3, 0.4) is 0 Å². The summed E-state index contributed by atoms with van der Waals surface area (Å²) < 4.78 is 9.14. The van der Waals surface area contributed by atoms with Crippen LogP contribution in [0.2, 0.25) is 5.02 Å². The van der Waals surface area contributed by atoms with Crippen molar-refractivity contribution in [3.05, 3.63) is 57.2 Å². The largest absolute Gasteiger partial charge is 0.459 e. The third-order valence-electron chi connectivity index (χ3n) is 6.28. The van der Waals surface area contributed by atoms with E-state index in [-0.39, 0.29) is 23.7 Å². The Morgan fingerprint density at radius 3 is 2.62 bits per heavy atom. The van der Waals surface area contributed by atoms with Gasteiger partial charge in [-0.05, 0) is 76.3 Å². The molecule has 0 atom stereocenters. The monoisotopic (exact) mass is 584 g/mol. The maximum absolute atomic E-state index is 13.2. The van der Waals surface area contributed by atoms with E-state index >= 15 is 0 Å². The van der Waals surface area contributed by atoms with Crippen molar-refractivity contribution in [1.82, 2.24) is 24.5 Å². The second-order valence-electron chi connectivity index (χ2n) is 9.63. The van der Waals surface area contributed by atoms with E-state index < -0.39 is 0 Å². The number of rotatable bonds is 8. The van der Waals surface area contributed by atoms with E-state index in [4.69, 9.17) is 16.3 Å². The lowest BCUT2D eigenvalue weighted by molar-refractivity contribution is -0.113. The van der Waals surface area contributed by atoms with Gasteiger partial charge in [0.1, 0.15) is 5.00 Å². The number of nitrogens with one attached hydrogen (secondary N) is 1. The number of carbonyl (C=O) groups excluding carboxylic acids is 2. The molecule has 0 radical (unpaired) electrons. The normalized spacial score (nSPS) is 13.0. The SMILES string of the molecule is Cc1nn(C)cc1-c1nnc(SCC(=O)Nc2sc3c(c2C(=O)OC(C)C)CCCC3)n1-c1ccc(Cl)cc1. The second kappa shape index (κ2) is 11.5. The molecule has 0 bridgehead atoms. The lowest BCUT2D eigenvalue weighted by Gasteiger charge is -2.14. The number of amides is 1. The van der Waals surface area contributed by atoms with Crippen LogP contribution in [0.5, 0.6) is 0 Å². The number of halogens is 1. The van der Waals surface area contributed by atoms with Crippen LogP contribution in [0.15, 0.2) is 35.6 Å². The lowest BCUT2D eigenvalue weighted by Crippen LogP contribution is -2.19. The fraction of sp³-hybridized carbons (Fsp3) is 0.370. The summed E-state index contributed by atoms with van der Waals surface area (Å²) in [5, 5.41) is 18.0. The van der Waals surface area contributed by atoms with E-state index in [1.807, 2.05) is 50.7 Å². The summed E-state index contributed by atoms with van der Waals surface area (Å²) in [6.45, 7) is 5.56. The van der Waals surface area contributed by atoms with Crippen molar-refractivity contribution in [2.75, 3.05) is 11.1 Å². The van der Waals surface area contributed by atoms with Crippen molar-refractivity contribution < 1.29 is 14.3 Å². The predicted octanol–water partition coefficient (Wildman–Crippen LogP) is 5.87. The molecule has 5 rings (SSSR count). The highest BCUT2D eigenvalue weighted by atomic mass is 35.5. The van der Waals surface area contributed by atoms with Gasteiger partial charge in [0.2, 0.25) is 5.91 Å². The molecular formula is C27H29ClN6O3S2. The number of thiophene rings is 1. The molecular weight excluding hydrogens is 556 g/mol. The lowest BCUT2D eigenvalue weighted by atomic mass is 9.95. The van der Waals surface area contributed by atoms with Crippen LogP contribution in [-0.2, 0) is 29.4 Å². The molecule has 1 amide bonds. The molecule has 1 aliphatic rings. The first-order chi connectivity index (χ1) is 18.7. The highest BCUT2D eigenvalue weighted by molar-refractivity contribution is 7.99. The van der Waals surface area contributed by atoms with Crippen LogP contribution in [0, 0.1) is 6.92 Å². The molecule has 3 heterocycles. The van der Waals surface area contributed by atoms with E-state index in [0.717, 1.165) is 53.1 Å². The number of fused-ring (bicyclic) bond motifs is 1. The Morgan fingerprint density at radius 2 is 1.92 bits per heavy atom. The van der Waals surface area contributed by atoms with Gasteiger partial charge in [0.05, 0.1) is 28.7 Å². The highest BCUT2D eigenvalue weighted by Gasteiger charge is 2.28. The van der Waals surface area contributed by atoms with Crippen LogP contribution < -0.4 is 5.32 Å². The standard InChI is InChI=1S/C27H29ClN6O3S2/c1-15(2)37-26(36)23-19-7-5-6-8-21(19)39-25(23)29-22(35)14-38-27-31-30-24(20-13-33(4)32-16(20)3)34(27)18-11-9-17(28)10-12-18/h9-13,15H,5-8,14H2,1-4H3,(H,29,35). The summed E-state index contributed by atoms with van der Waals surface area (Å²) in [6, 6.07) is 7.37. The first-order valence-corrected chi connectivity index (χ1v) is 14.9. The molecule has 1 aromatic carbocycles. The van der Waals surface area contributed by atoms with E-state index in [2.05, 4.69) is 20.6 Å². The molecule has 1 aliphatic carbocycles. The van der Waals surface area contributed by atoms with Gasteiger partial charge in [-0.3, -0.25) is 14.0 Å². The predicted molar refractivity (Wildman–Crippen MR) is 154 cm³/mol. The molecule has 39 heavy (non-hydrogen) atoms. The van der Waals surface area contributed by atoms with Gasteiger partial charge in [-0.25, -0.2) is 4.79 Å². The number of nitrogens with zero attached hydrogens (tertiary/aromatic N) is 5. The molecule has 3 aromatic heterocycles. The second-order valence-corrected chi connectivity index (χ2v) is 12.1. The number of aromatic nitrogens is 5. The number of esters is 1. The molecule has 0 saturated carbocycles. The molecule has 0 saturated heterocycles. The average molecular weight is 585 g/mol. The van der Waals surface area contributed by atoms with Crippen LogP contribution in [0.1, 0.15) is 53.2 Å². The van der Waals surface area contributed by atoms with Gasteiger partial charge in [0, 0.05) is 28.8 Å². The molecule has 0 unspecified atom stereocenters. The minimum absolute atomic E-state index is 0.0823. The highest BCUT2D eigenvalue weighted by Crippen LogP contribution is 2.39. The summed E-state index contributed by atoms with van der Waals surface area (Å²) in [5.74, 6) is 0.0858. The molecule has 0 aliphatic heterocycles. The minimum Gasteiger partial charge on any atom is -0.459 e. The molecule has 1 N–H and O–H groups in total. The number of carbonyl (C=O) groups is 2. The Morgan fingerprint density at radius 1 is 1.18 bits per heavy atom. The maximum atomic E-state index is 13.2. The first kappa shape index (κ1) is 27.4. The number of benzene rings is 1. The van der Waals surface area contributed by atoms with Crippen molar-refractivity contribution in [1.29, 1.82) is 0 Å². The number of hydrogen-bond donors (Lipinski definition) is 1. The quantitative estimate of drug-likeness (QED) is 0.204. The van der Waals surface area contributed by atoms with Crippen LogP contribution in [0.4, 0.5) is 5.00 Å². The van der Waals surface area contributed by atoms with Crippen LogP contribution in [0.25, 0.3) is 17.1 Å². The van der Waals surface area contributed by atoms with Gasteiger partial charge >= 0.3 is 5.97 Å². The number of anilines is 1. The summed E-state index contributed by atoms with van der Waals surface area (Å²) in [7, 11) is 1.85. The summed E-state index contributed by atoms with van der Waals surface area (Å²) >= 11 is 8.88. The first-order valence-electron chi connectivity index (χ1n) is 12.7. The van der Waals surface area contributed by atoms with Gasteiger partial charge in [-0.1, -0.05) is 23.4 Å². The van der Waals surface area contributed by atoms with E-state index in [1.165, 1.54) is 23.1 Å². The fourth-order valence-corrected chi connectivity index (χ4v) is 6.79. The molecule has 9 nitrogen and oxygen atoms in total. The number of ether oxygens (including phenoxy) is 1. The Labute approximate surface area is 239 Å². The Kier molecular flexibility index (Phi) is 8.11. The van der Waals surface area contributed by atoms with E-state index in [0.29, 0.717) is 26.6 Å². The van der Waals surface area contributed by atoms with Crippen molar-refractivity contribution >= 4 is 51.6 Å².